The molecule has 10 aromatic carbocycles. The number of nitrogens with zero attached hydrogens (tertiary/aromatic N) is 2. The molecular formula is C58H36N2S. The molecule has 0 saturated carbocycles. The van der Waals surface area contributed by atoms with Gasteiger partial charge in [0, 0.05) is 36.9 Å². The second-order valence-corrected chi connectivity index (χ2v) is 16.8. The molecule has 0 bridgehead atoms. The van der Waals surface area contributed by atoms with Gasteiger partial charge in [0.1, 0.15) is 0 Å². The zero-order valence-corrected chi connectivity index (χ0v) is 33.9. The van der Waals surface area contributed by atoms with Crippen molar-refractivity contribution in [1.82, 2.24) is 9.97 Å². The van der Waals surface area contributed by atoms with Gasteiger partial charge >= 0.3 is 0 Å². The lowest BCUT2D eigenvalue weighted by Gasteiger charge is -2.15. The monoisotopic (exact) mass is 792 g/mol. The smallest absolute Gasteiger partial charge is 0.160 e. The first-order chi connectivity index (χ1) is 30.2. The topological polar surface area (TPSA) is 25.8 Å². The molecule has 284 valence electrons. The van der Waals surface area contributed by atoms with Crippen molar-refractivity contribution in [2.75, 3.05) is 0 Å². The molecule has 0 unspecified atom stereocenters. The standard InChI is InChI=1S/C58H36N2S/c1-2-11-37(12-3-1)38-21-27-42(28-22-38)58-59-53(36-54(60-58)46-16-10-15-43(33-46)44-30-31-50-49-19-8-9-20-55(49)61-56(50)35-44)40-23-25-41(26-24-40)57-48-18-7-5-14-45(48)34-52-47-17-6-4-13-39(47)29-32-51(52)57/h1-36H. The highest BCUT2D eigenvalue weighted by Gasteiger charge is 2.16. The van der Waals surface area contributed by atoms with Gasteiger partial charge in [0.2, 0.25) is 0 Å². The maximum atomic E-state index is 5.26. The zero-order chi connectivity index (χ0) is 40.3. The fourth-order valence-corrected chi connectivity index (χ4v) is 10.2. The largest absolute Gasteiger partial charge is 0.228 e. The Labute approximate surface area is 357 Å². The highest BCUT2D eigenvalue weighted by molar-refractivity contribution is 7.25. The van der Waals surface area contributed by atoms with Gasteiger partial charge in [0.15, 0.2) is 5.82 Å². The molecule has 0 N–H and O–H groups in total. The number of benzene rings is 10. The molecule has 12 aromatic rings. The summed E-state index contributed by atoms with van der Waals surface area (Å²) in [5.41, 5.74) is 11.9. The summed E-state index contributed by atoms with van der Waals surface area (Å²) in [4.78, 5) is 10.5. The second-order valence-electron chi connectivity index (χ2n) is 15.7. The Morgan fingerprint density at radius 1 is 0.262 bits per heavy atom. The summed E-state index contributed by atoms with van der Waals surface area (Å²) >= 11 is 1.85. The minimum atomic E-state index is 0.695. The third kappa shape index (κ3) is 6.26. The van der Waals surface area contributed by atoms with Crippen molar-refractivity contribution >= 4 is 63.8 Å². The van der Waals surface area contributed by atoms with E-state index in [-0.39, 0.29) is 0 Å². The molecule has 2 aromatic heterocycles. The van der Waals surface area contributed by atoms with Crippen molar-refractivity contribution in [2.24, 2.45) is 0 Å². The number of thiophene rings is 1. The predicted molar refractivity (Wildman–Crippen MR) is 260 cm³/mol. The van der Waals surface area contributed by atoms with Crippen LogP contribution in [0, 0.1) is 0 Å². The van der Waals surface area contributed by atoms with Crippen LogP contribution in [0.2, 0.25) is 0 Å². The van der Waals surface area contributed by atoms with Crippen LogP contribution in [0.25, 0.3) is 120 Å². The molecule has 0 aliphatic rings. The SMILES string of the molecule is c1ccc(-c2ccc(-c3nc(-c4ccc(-c5c6ccccc6cc6c5ccc5ccccc56)cc4)cc(-c4cccc(-c5ccc6c(c5)sc5ccccc56)c4)n3)cc2)cc1. The van der Waals surface area contributed by atoms with Crippen molar-refractivity contribution in [2.45, 2.75) is 0 Å². The first kappa shape index (κ1) is 35.2. The Morgan fingerprint density at radius 3 is 1.66 bits per heavy atom. The van der Waals surface area contributed by atoms with Crippen LogP contribution in [-0.2, 0) is 0 Å². The van der Waals surface area contributed by atoms with E-state index < -0.39 is 0 Å². The minimum Gasteiger partial charge on any atom is -0.228 e. The fourth-order valence-electron chi connectivity index (χ4n) is 9.02. The van der Waals surface area contributed by atoms with Crippen LogP contribution in [0.4, 0.5) is 0 Å². The van der Waals surface area contributed by atoms with Crippen molar-refractivity contribution in [1.29, 1.82) is 0 Å². The number of rotatable bonds is 6. The summed E-state index contributed by atoms with van der Waals surface area (Å²) < 4.78 is 2.61. The van der Waals surface area contributed by atoms with E-state index in [0.29, 0.717) is 5.82 Å². The molecule has 0 atom stereocenters. The van der Waals surface area contributed by atoms with E-state index in [1.54, 1.807) is 0 Å². The van der Waals surface area contributed by atoms with E-state index in [2.05, 4.69) is 218 Å². The van der Waals surface area contributed by atoms with Gasteiger partial charge in [-0.2, -0.15) is 0 Å². The molecule has 0 aliphatic heterocycles. The summed E-state index contributed by atoms with van der Waals surface area (Å²) in [6.45, 7) is 0. The van der Waals surface area contributed by atoms with Crippen molar-refractivity contribution < 1.29 is 0 Å². The lowest BCUT2D eigenvalue weighted by molar-refractivity contribution is 1.18. The number of aromatic nitrogens is 2. The Kier molecular flexibility index (Phi) is 8.39. The number of hydrogen-bond donors (Lipinski definition) is 0. The van der Waals surface area contributed by atoms with Crippen LogP contribution in [0.1, 0.15) is 0 Å². The molecule has 0 amide bonds. The average Bonchev–Trinajstić information content (AvgIpc) is 3.71. The van der Waals surface area contributed by atoms with E-state index in [0.717, 1.165) is 39.2 Å². The van der Waals surface area contributed by atoms with E-state index in [1.807, 2.05) is 11.3 Å². The van der Waals surface area contributed by atoms with Crippen molar-refractivity contribution in [3.63, 3.8) is 0 Å². The fraction of sp³-hybridized carbons (Fsp3) is 0. The minimum absolute atomic E-state index is 0.695. The highest BCUT2D eigenvalue weighted by atomic mass is 32.1. The molecule has 61 heavy (non-hydrogen) atoms. The number of hydrogen-bond acceptors (Lipinski definition) is 3. The Balaban J connectivity index is 0.978. The Bertz CT molecular complexity index is 3620. The summed E-state index contributed by atoms with van der Waals surface area (Å²) in [6.07, 6.45) is 0. The molecule has 3 heteroatoms. The number of fused-ring (bicyclic) bond motifs is 7. The first-order valence-electron chi connectivity index (χ1n) is 20.7. The second kappa shape index (κ2) is 14.5. The maximum absolute atomic E-state index is 5.26. The normalized spacial score (nSPS) is 11.6. The lowest BCUT2D eigenvalue weighted by Crippen LogP contribution is -1.96. The Morgan fingerprint density at radius 2 is 0.820 bits per heavy atom. The molecule has 2 nitrogen and oxygen atoms in total. The van der Waals surface area contributed by atoms with E-state index in [1.165, 1.54) is 74.7 Å². The van der Waals surface area contributed by atoms with Gasteiger partial charge in [-0.25, -0.2) is 9.97 Å². The molecule has 0 aliphatic carbocycles. The van der Waals surface area contributed by atoms with Gasteiger partial charge in [-0.1, -0.05) is 188 Å². The van der Waals surface area contributed by atoms with E-state index >= 15 is 0 Å². The zero-order valence-electron chi connectivity index (χ0n) is 33.1. The summed E-state index contributed by atoms with van der Waals surface area (Å²) in [5.74, 6) is 0.695. The summed E-state index contributed by atoms with van der Waals surface area (Å²) in [5, 5.41) is 10.1. The molecule has 12 rings (SSSR count). The van der Waals surface area contributed by atoms with Crippen LogP contribution in [0.15, 0.2) is 218 Å². The third-order valence-electron chi connectivity index (χ3n) is 12.1. The molecular weight excluding hydrogens is 757 g/mol. The van der Waals surface area contributed by atoms with Crippen LogP contribution in [-0.4, -0.2) is 9.97 Å². The Hall–Kier alpha value is -7.72. The lowest BCUT2D eigenvalue weighted by atomic mass is 9.89. The highest BCUT2D eigenvalue weighted by Crippen LogP contribution is 2.41. The first-order valence-corrected chi connectivity index (χ1v) is 21.5. The third-order valence-corrected chi connectivity index (χ3v) is 13.2. The molecule has 2 heterocycles. The van der Waals surface area contributed by atoms with Gasteiger partial charge in [-0.15, -0.1) is 11.3 Å². The predicted octanol–water partition coefficient (Wildman–Crippen LogP) is 16.3. The van der Waals surface area contributed by atoms with Gasteiger partial charge in [-0.3, -0.25) is 0 Å². The summed E-state index contributed by atoms with van der Waals surface area (Å²) in [6, 6.07) is 78.7. The van der Waals surface area contributed by atoms with Gasteiger partial charge < -0.3 is 0 Å². The van der Waals surface area contributed by atoms with Crippen molar-refractivity contribution in [3.8, 4) is 67.3 Å². The quantitative estimate of drug-likeness (QED) is 0.124. The molecule has 0 saturated heterocycles. The van der Waals surface area contributed by atoms with Crippen LogP contribution < -0.4 is 0 Å². The average molecular weight is 793 g/mol. The van der Waals surface area contributed by atoms with E-state index in [9.17, 15) is 0 Å². The summed E-state index contributed by atoms with van der Waals surface area (Å²) in [7, 11) is 0. The molecule has 0 radical (unpaired) electrons. The van der Waals surface area contributed by atoms with Crippen LogP contribution in [0.5, 0.6) is 0 Å². The van der Waals surface area contributed by atoms with Crippen molar-refractivity contribution in [3.05, 3.63) is 218 Å². The van der Waals surface area contributed by atoms with Crippen LogP contribution in [0.3, 0.4) is 0 Å². The van der Waals surface area contributed by atoms with E-state index in [4.69, 9.17) is 9.97 Å². The maximum Gasteiger partial charge on any atom is 0.160 e. The van der Waals surface area contributed by atoms with Gasteiger partial charge in [-0.05, 0) is 96.0 Å². The molecule has 0 spiro atoms. The molecule has 0 fully saturated rings. The van der Waals surface area contributed by atoms with Crippen LogP contribution >= 0.6 is 11.3 Å². The van der Waals surface area contributed by atoms with Gasteiger partial charge in [0.05, 0.1) is 11.4 Å². The van der Waals surface area contributed by atoms with Gasteiger partial charge in [0.25, 0.3) is 0 Å².